The molecule has 1 N–H and O–H groups in total. The maximum Gasteiger partial charge on any atom is 0.0570 e. The zero-order valence-electron chi connectivity index (χ0n) is 10.9. The summed E-state index contributed by atoms with van der Waals surface area (Å²) in [5.74, 6) is 0. The van der Waals surface area contributed by atoms with Gasteiger partial charge in [0.2, 0.25) is 0 Å². The number of rotatable bonds is 4. The van der Waals surface area contributed by atoms with Gasteiger partial charge in [-0.15, -0.1) is 0 Å². The first-order chi connectivity index (χ1) is 9.08. The third-order valence-corrected chi connectivity index (χ3v) is 4.24. The highest BCUT2D eigenvalue weighted by molar-refractivity contribution is 9.11. The topological polar surface area (TPSA) is 24.9 Å². The molecule has 1 aromatic carbocycles. The zero-order chi connectivity index (χ0) is 13.8. The number of halogens is 2. The summed E-state index contributed by atoms with van der Waals surface area (Å²) in [6.45, 7) is 4.29. The van der Waals surface area contributed by atoms with Crippen molar-refractivity contribution in [3.63, 3.8) is 0 Å². The van der Waals surface area contributed by atoms with E-state index >= 15 is 0 Å². The molecule has 0 bridgehead atoms. The first kappa shape index (κ1) is 14.7. The molecule has 0 aliphatic carbocycles. The van der Waals surface area contributed by atoms with Crippen LogP contribution in [-0.4, -0.2) is 4.98 Å². The lowest BCUT2D eigenvalue weighted by atomic mass is 10.1. The Balaban J connectivity index is 2.10. The normalized spacial score (nSPS) is 14.1. The van der Waals surface area contributed by atoms with Crippen LogP contribution in [0.2, 0.25) is 0 Å². The molecule has 0 radical (unpaired) electrons. The summed E-state index contributed by atoms with van der Waals surface area (Å²) >= 11 is 7.08. The van der Waals surface area contributed by atoms with Gasteiger partial charge in [0.05, 0.1) is 5.69 Å². The maximum absolute atomic E-state index is 4.38. The third-order valence-electron chi connectivity index (χ3n) is 3.06. The Labute approximate surface area is 130 Å². The van der Waals surface area contributed by atoms with Crippen LogP contribution >= 0.6 is 31.9 Å². The molecule has 0 aliphatic heterocycles. The fraction of sp³-hybridized carbons (Fsp3) is 0.267. The van der Waals surface area contributed by atoms with Crippen molar-refractivity contribution in [1.82, 2.24) is 10.3 Å². The highest BCUT2D eigenvalue weighted by Gasteiger charge is 2.14. The summed E-state index contributed by atoms with van der Waals surface area (Å²) in [6.07, 6.45) is 1.83. The van der Waals surface area contributed by atoms with Crippen molar-refractivity contribution in [2.24, 2.45) is 0 Å². The van der Waals surface area contributed by atoms with Gasteiger partial charge in [-0.2, -0.15) is 0 Å². The lowest BCUT2D eigenvalue weighted by molar-refractivity contribution is 0.485. The minimum atomic E-state index is 0.215. The van der Waals surface area contributed by atoms with E-state index < -0.39 is 0 Å². The Hall–Kier alpha value is -0.710. The highest BCUT2D eigenvalue weighted by atomic mass is 79.9. The molecule has 1 aromatic heterocycles. The molecule has 0 fully saturated rings. The second-order valence-corrected chi connectivity index (χ2v) is 6.30. The molecule has 0 spiro atoms. The van der Waals surface area contributed by atoms with Crippen LogP contribution in [0, 0.1) is 0 Å². The van der Waals surface area contributed by atoms with E-state index in [2.05, 4.69) is 74.2 Å². The Bertz CT molecular complexity index is 543. The van der Waals surface area contributed by atoms with Gasteiger partial charge in [-0.05, 0) is 43.7 Å². The molecular weight excluding hydrogens is 368 g/mol. The fourth-order valence-electron chi connectivity index (χ4n) is 2.03. The molecule has 2 rings (SSSR count). The van der Waals surface area contributed by atoms with Crippen molar-refractivity contribution >= 4 is 31.9 Å². The average molecular weight is 384 g/mol. The van der Waals surface area contributed by atoms with Gasteiger partial charge in [-0.25, -0.2) is 0 Å². The summed E-state index contributed by atoms with van der Waals surface area (Å²) in [5.41, 5.74) is 2.30. The van der Waals surface area contributed by atoms with E-state index in [9.17, 15) is 0 Å². The minimum absolute atomic E-state index is 0.215. The van der Waals surface area contributed by atoms with Crippen molar-refractivity contribution in [1.29, 1.82) is 0 Å². The van der Waals surface area contributed by atoms with Crippen LogP contribution in [0.15, 0.2) is 51.5 Å². The van der Waals surface area contributed by atoms with E-state index in [4.69, 9.17) is 0 Å². The molecule has 2 nitrogen and oxygen atoms in total. The van der Waals surface area contributed by atoms with Crippen LogP contribution in [0.5, 0.6) is 0 Å². The standard InChI is InChI=1S/C15H16Br2N2/c1-10(13-7-6-12(16)9-14(13)17)19-11(2)15-5-3-4-8-18-15/h3-11,19H,1-2H3. The first-order valence-electron chi connectivity index (χ1n) is 6.20. The molecule has 2 aromatic rings. The van der Waals surface area contributed by atoms with E-state index in [0.29, 0.717) is 0 Å². The van der Waals surface area contributed by atoms with Crippen molar-refractivity contribution in [2.75, 3.05) is 0 Å². The van der Waals surface area contributed by atoms with E-state index in [1.54, 1.807) is 0 Å². The van der Waals surface area contributed by atoms with Gasteiger partial charge in [0, 0.05) is 27.2 Å². The summed E-state index contributed by atoms with van der Waals surface area (Å²) in [4.78, 5) is 4.38. The van der Waals surface area contributed by atoms with Gasteiger partial charge < -0.3 is 5.32 Å². The van der Waals surface area contributed by atoms with Gasteiger partial charge in [0.25, 0.3) is 0 Å². The van der Waals surface area contributed by atoms with Crippen molar-refractivity contribution in [3.8, 4) is 0 Å². The molecule has 0 amide bonds. The summed E-state index contributed by atoms with van der Waals surface area (Å²) < 4.78 is 2.18. The Morgan fingerprint density at radius 3 is 2.47 bits per heavy atom. The summed E-state index contributed by atoms with van der Waals surface area (Å²) in [7, 11) is 0. The molecule has 19 heavy (non-hydrogen) atoms. The number of pyridine rings is 1. The van der Waals surface area contributed by atoms with Crippen LogP contribution in [0.25, 0.3) is 0 Å². The molecule has 4 heteroatoms. The largest absolute Gasteiger partial charge is 0.302 e. The number of hydrogen-bond acceptors (Lipinski definition) is 2. The predicted octanol–water partition coefficient (Wildman–Crippen LogP) is 5.02. The monoisotopic (exact) mass is 382 g/mol. The predicted molar refractivity (Wildman–Crippen MR) is 86.0 cm³/mol. The molecule has 1 heterocycles. The number of aromatic nitrogens is 1. The SMILES string of the molecule is CC(NC(C)c1ccc(Br)cc1Br)c1ccccn1. The smallest absolute Gasteiger partial charge is 0.0570 e. The van der Waals surface area contributed by atoms with Crippen LogP contribution in [-0.2, 0) is 0 Å². The highest BCUT2D eigenvalue weighted by Crippen LogP contribution is 2.28. The summed E-state index contributed by atoms with van der Waals surface area (Å²) in [5, 5.41) is 3.56. The van der Waals surface area contributed by atoms with Gasteiger partial charge in [-0.3, -0.25) is 4.98 Å². The van der Waals surface area contributed by atoms with E-state index in [1.165, 1.54) is 5.56 Å². The van der Waals surface area contributed by atoms with E-state index in [1.807, 2.05) is 24.4 Å². The van der Waals surface area contributed by atoms with Crippen molar-refractivity contribution < 1.29 is 0 Å². The molecule has 0 aliphatic rings. The summed E-state index contributed by atoms with van der Waals surface area (Å²) in [6, 6.07) is 12.7. The van der Waals surface area contributed by atoms with Crippen molar-refractivity contribution in [2.45, 2.75) is 25.9 Å². The second-order valence-electron chi connectivity index (χ2n) is 4.53. The molecule has 2 atom stereocenters. The van der Waals surface area contributed by atoms with E-state index in [0.717, 1.165) is 14.6 Å². The maximum atomic E-state index is 4.38. The average Bonchev–Trinajstić information content (AvgIpc) is 2.39. The fourth-order valence-corrected chi connectivity index (χ4v) is 3.43. The van der Waals surface area contributed by atoms with Crippen LogP contribution in [0.4, 0.5) is 0 Å². The Kier molecular flexibility index (Phi) is 5.13. The van der Waals surface area contributed by atoms with E-state index in [-0.39, 0.29) is 12.1 Å². The molecular formula is C15H16Br2N2. The van der Waals surface area contributed by atoms with Gasteiger partial charge in [0.15, 0.2) is 0 Å². The number of benzene rings is 1. The first-order valence-corrected chi connectivity index (χ1v) is 7.78. The Morgan fingerprint density at radius 1 is 1.05 bits per heavy atom. The molecule has 0 saturated carbocycles. The molecule has 2 unspecified atom stereocenters. The zero-order valence-corrected chi connectivity index (χ0v) is 14.1. The number of hydrogen-bond donors (Lipinski definition) is 1. The third kappa shape index (κ3) is 3.88. The van der Waals surface area contributed by atoms with Crippen LogP contribution in [0.1, 0.15) is 37.2 Å². The minimum Gasteiger partial charge on any atom is -0.302 e. The van der Waals surface area contributed by atoms with Gasteiger partial charge in [0.1, 0.15) is 0 Å². The lowest BCUT2D eigenvalue weighted by Gasteiger charge is -2.21. The van der Waals surface area contributed by atoms with Crippen molar-refractivity contribution in [3.05, 3.63) is 62.8 Å². The van der Waals surface area contributed by atoms with Crippen LogP contribution in [0.3, 0.4) is 0 Å². The number of nitrogens with zero attached hydrogens (tertiary/aromatic N) is 1. The van der Waals surface area contributed by atoms with Gasteiger partial charge >= 0.3 is 0 Å². The molecule has 100 valence electrons. The Morgan fingerprint density at radius 2 is 1.84 bits per heavy atom. The lowest BCUT2D eigenvalue weighted by Crippen LogP contribution is -2.23. The number of nitrogens with one attached hydrogen (secondary N) is 1. The van der Waals surface area contributed by atoms with Gasteiger partial charge in [-0.1, -0.05) is 44.0 Å². The molecule has 0 saturated heterocycles. The second kappa shape index (κ2) is 6.64. The van der Waals surface area contributed by atoms with Crippen LogP contribution < -0.4 is 5.32 Å². The quantitative estimate of drug-likeness (QED) is 0.801.